The number of aryl methyl sites for hydroxylation is 1. The van der Waals surface area contributed by atoms with E-state index in [1.54, 1.807) is 18.2 Å². The summed E-state index contributed by atoms with van der Waals surface area (Å²) < 4.78 is 5.12. The number of nitrogens with one attached hydrogen (secondary N) is 1. The second-order valence-corrected chi connectivity index (χ2v) is 5.44. The molecule has 0 unspecified atom stereocenters. The number of benzene rings is 1. The minimum atomic E-state index is -0.166. The number of carbonyl (C=O) groups excluding carboxylic acids is 1. The van der Waals surface area contributed by atoms with Gasteiger partial charge in [0.05, 0.1) is 12.1 Å². The van der Waals surface area contributed by atoms with Crippen LogP contribution >= 0.6 is 35.6 Å². The average molecular weight is 364 g/mol. The number of rotatable bonds is 6. The Morgan fingerprint density at radius 2 is 2.05 bits per heavy atom. The van der Waals surface area contributed by atoms with Gasteiger partial charge in [-0.25, -0.2) is 0 Å². The summed E-state index contributed by atoms with van der Waals surface area (Å²) in [5.74, 6) is 0.425. The molecule has 0 fully saturated rings. The van der Waals surface area contributed by atoms with Crippen molar-refractivity contribution in [3.05, 3.63) is 57.5 Å². The molecule has 22 heavy (non-hydrogen) atoms. The van der Waals surface area contributed by atoms with Crippen LogP contribution in [-0.4, -0.2) is 12.5 Å². The first-order chi connectivity index (χ1) is 10.1. The smallest absolute Gasteiger partial charge is 0.254 e. The van der Waals surface area contributed by atoms with Gasteiger partial charge in [0.25, 0.3) is 5.91 Å². The highest BCUT2D eigenvalue weighted by molar-refractivity contribution is 6.35. The van der Waals surface area contributed by atoms with Crippen molar-refractivity contribution in [2.45, 2.75) is 19.4 Å². The van der Waals surface area contributed by atoms with Crippen LogP contribution in [0.2, 0.25) is 10.0 Å². The fourth-order valence-electron chi connectivity index (χ4n) is 1.91. The molecule has 1 aromatic carbocycles. The van der Waals surface area contributed by atoms with Crippen LogP contribution < -0.4 is 11.1 Å². The maximum atomic E-state index is 11.8. The molecule has 0 aliphatic rings. The second kappa shape index (κ2) is 9.06. The number of nitrogens with two attached hydrogens (primary N) is 1. The van der Waals surface area contributed by atoms with E-state index in [1.165, 1.54) is 6.26 Å². The standard InChI is InChI=1S/C15H16Cl2N2O2.ClH/c16-12-4-3-10(14(17)7-12)2-1-5-19-15(20)11-6-13(8-18)21-9-11;/h3-4,6-7,9H,1-2,5,8,18H2,(H,19,20);1H. The molecule has 0 bridgehead atoms. The normalized spacial score (nSPS) is 10.1. The molecule has 0 aliphatic carbocycles. The molecule has 7 heteroatoms. The fourth-order valence-corrected chi connectivity index (χ4v) is 2.42. The van der Waals surface area contributed by atoms with E-state index in [4.69, 9.17) is 33.4 Å². The Morgan fingerprint density at radius 1 is 1.27 bits per heavy atom. The van der Waals surface area contributed by atoms with E-state index in [9.17, 15) is 4.79 Å². The Kier molecular flexibility index (Phi) is 7.76. The Balaban J connectivity index is 0.00000242. The Hall–Kier alpha value is -1.20. The molecule has 0 aliphatic heterocycles. The molecule has 0 radical (unpaired) electrons. The minimum absolute atomic E-state index is 0. The van der Waals surface area contributed by atoms with E-state index in [0.29, 0.717) is 27.9 Å². The van der Waals surface area contributed by atoms with Crippen LogP contribution in [0, 0.1) is 0 Å². The molecule has 2 aromatic rings. The molecule has 1 heterocycles. The van der Waals surface area contributed by atoms with Crippen LogP contribution in [0.25, 0.3) is 0 Å². The van der Waals surface area contributed by atoms with Crippen molar-refractivity contribution >= 4 is 41.5 Å². The number of hydrogen-bond acceptors (Lipinski definition) is 3. The van der Waals surface area contributed by atoms with Gasteiger partial charge in [-0.2, -0.15) is 0 Å². The number of hydrogen-bond donors (Lipinski definition) is 2. The second-order valence-electron chi connectivity index (χ2n) is 4.60. The van der Waals surface area contributed by atoms with Crippen LogP contribution in [0.1, 0.15) is 28.1 Å². The van der Waals surface area contributed by atoms with Crippen molar-refractivity contribution < 1.29 is 9.21 Å². The van der Waals surface area contributed by atoms with Gasteiger partial charge in [0.1, 0.15) is 12.0 Å². The van der Waals surface area contributed by atoms with Gasteiger partial charge >= 0.3 is 0 Å². The molecular formula is C15H17Cl3N2O2. The Bertz CT molecular complexity index is 629. The quantitative estimate of drug-likeness (QED) is 0.766. The topological polar surface area (TPSA) is 68.3 Å². The van der Waals surface area contributed by atoms with Crippen molar-refractivity contribution in [1.29, 1.82) is 0 Å². The predicted octanol–water partition coefficient (Wildman–Crippen LogP) is 3.83. The lowest BCUT2D eigenvalue weighted by molar-refractivity contribution is 0.0952. The minimum Gasteiger partial charge on any atom is -0.467 e. The summed E-state index contributed by atoms with van der Waals surface area (Å²) in [7, 11) is 0. The SMILES string of the molecule is Cl.NCc1cc(C(=O)NCCCc2ccc(Cl)cc2Cl)co1. The van der Waals surface area contributed by atoms with Crippen LogP contribution in [-0.2, 0) is 13.0 Å². The Labute approximate surface area is 145 Å². The average Bonchev–Trinajstić information content (AvgIpc) is 2.94. The number of amides is 1. The van der Waals surface area contributed by atoms with Gasteiger partial charge < -0.3 is 15.5 Å². The zero-order valence-electron chi connectivity index (χ0n) is 11.8. The molecule has 3 N–H and O–H groups in total. The summed E-state index contributed by atoms with van der Waals surface area (Å²) in [6.07, 6.45) is 2.97. The number of carbonyl (C=O) groups is 1. The molecule has 2 rings (SSSR count). The van der Waals surface area contributed by atoms with Gasteiger partial charge in [0.15, 0.2) is 0 Å². The molecule has 120 valence electrons. The highest BCUT2D eigenvalue weighted by Crippen LogP contribution is 2.21. The molecule has 0 saturated carbocycles. The van der Waals surface area contributed by atoms with E-state index in [0.717, 1.165) is 18.4 Å². The van der Waals surface area contributed by atoms with Gasteiger partial charge in [0, 0.05) is 16.6 Å². The number of furan rings is 1. The van der Waals surface area contributed by atoms with Crippen molar-refractivity contribution in [2.75, 3.05) is 6.54 Å². The van der Waals surface area contributed by atoms with Crippen LogP contribution in [0.15, 0.2) is 34.9 Å². The van der Waals surface area contributed by atoms with Gasteiger partial charge in [-0.15, -0.1) is 12.4 Å². The van der Waals surface area contributed by atoms with E-state index in [1.807, 2.05) is 6.07 Å². The maximum absolute atomic E-state index is 11.8. The molecule has 1 amide bonds. The van der Waals surface area contributed by atoms with Crippen molar-refractivity contribution in [1.82, 2.24) is 5.32 Å². The maximum Gasteiger partial charge on any atom is 0.254 e. The highest BCUT2D eigenvalue weighted by Gasteiger charge is 2.09. The first-order valence-electron chi connectivity index (χ1n) is 6.59. The summed E-state index contributed by atoms with van der Waals surface area (Å²) in [6, 6.07) is 7.07. The first-order valence-corrected chi connectivity index (χ1v) is 7.35. The summed E-state index contributed by atoms with van der Waals surface area (Å²) in [5.41, 5.74) is 6.93. The first kappa shape index (κ1) is 18.8. The lowest BCUT2D eigenvalue weighted by atomic mass is 10.1. The lowest BCUT2D eigenvalue weighted by Crippen LogP contribution is -2.24. The monoisotopic (exact) mass is 362 g/mol. The third-order valence-electron chi connectivity index (χ3n) is 3.04. The third-order valence-corrected chi connectivity index (χ3v) is 3.63. The van der Waals surface area contributed by atoms with Crippen molar-refractivity contribution in [3.8, 4) is 0 Å². The molecule has 0 saturated heterocycles. The third kappa shape index (κ3) is 5.21. The highest BCUT2D eigenvalue weighted by atomic mass is 35.5. The van der Waals surface area contributed by atoms with Crippen molar-refractivity contribution in [3.63, 3.8) is 0 Å². The molecular weight excluding hydrogens is 347 g/mol. The van der Waals surface area contributed by atoms with Crippen LogP contribution in [0.3, 0.4) is 0 Å². The number of halogens is 3. The van der Waals surface area contributed by atoms with Gasteiger partial charge in [-0.1, -0.05) is 29.3 Å². The van der Waals surface area contributed by atoms with Gasteiger partial charge in [0.2, 0.25) is 0 Å². The van der Waals surface area contributed by atoms with E-state index >= 15 is 0 Å². The van der Waals surface area contributed by atoms with Crippen LogP contribution in [0.5, 0.6) is 0 Å². The van der Waals surface area contributed by atoms with E-state index in [-0.39, 0.29) is 24.9 Å². The van der Waals surface area contributed by atoms with Gasteiger partial charge in [-0.05, 0) is 36.6 Å². The Morgan fingerprint density at radius 3 is 2.68 bits per heavy atom. The predicted molar refractivity (Wildman–Crippen MR) is 91.0 cm³/mol. The zero-order chi connectivity index (χ0) is 15.2. The molecule has 0 atom stereocenters. The largest absolute Gasteiger partial charge is 0.467 e. The molecule has 0 spiro atoms. The van der Waals surface area contributed by atoms with Crippen molar-refractivity contribution in [2.24, 2.45) is 5.73 Å². The van der Waals surface area contributed by atoms with E-state index in [2.05, 4.69) is 5.32 Å². The summed E-state index contributed by atoms with van der Waals surface area (Å²) in [4.78, 5) is 11.8. The fraction of sp³-hybridized carbons (Fsp3) is 0.267. The lowest BCUT2D eigenvalue weighted by Gasteiger charge is -2.06. The zero-order valence-corrected chi connectivity index (χ0v) is 14.1. The summed E-state index contributed by atoms with van der Waals surface area (Å²) in [6.45, 7) is 0.837. The van der Waals surface area contributed by atoms with Crippen LogP contribution in [0.4, 0.5) is 0 Å². The molecule has 4 nitrogen and oxygen atoms in total. The molecule has 1 aromatic heterocycles. The summed E-state index contributed by atoms with van der Waals surface area (Å²) >= 11 is 11.9. The van der Waals surface area contributed by atoms with Gasteiger partial charge in [-0.3, -0.25) is 4.79 Å². The van der Waals surface area contributed by atoms with E-state index < -0.39 is 0 Å². The summed E-state index contributed by atoms with van der Waals surface area (Å²) in [5, 5.41) is 4.10.